The lowest BCUT2D eigenvalue weighted by molar-refractivity contribution is -0.142. The number of halogens is 1. The van der Waals surface area contributed by atoms with E-state index in [2.05, 4.69) is 35.1 Å². The van der Waals surface area contributed by atoms with Crippen molar-refractivity contribution in [3.63, 3.8) is 0 Å². The van der Waals surface area contributed by atoms with Gasteiger partial charge >= 0.3 is 0 Å². The zero-order valence-electron chi connectivity index (χ0n) is 21.1. The molecule has 0 bridgehead atoms. The number of rotatable bonds is 13. The Labute approximate surface area is 223 Å². The lowest BCUT2D eigenvalue weighted by Gasteiger charge is -2.31. The van der Waals surface area contributed by atoms with Gasteiger partial charge in [0.25, 0.3) is 5.91 Å². The number of aryl methyl sites for hydroxylation is 1. The number of ether oxygens (including phenoxy) is 1. The highest BCUT2D eigenvalue weighted by Crippen LogP contribution is 2.26. The Kier molecular flexibility index (Phi) is 11.0. The van der Waals surface area contributed by atoms with Gasteiger partial charge in [-0.3, -0.25) is 9.59 Å². The van der Waals surface area contributed by atoms with Crippen molar-refractivity contribution in [2.75, 3.05) is 13.2 Å². The molecule has 0 heterocycles. The molecule has 36 heavy (non-hydrogen) atoms. The number of nitrogens with zero attached hydrogens (tertiary/aromatic N) is 1. The molecule has 3 rings (SSSR count). The van der Waals surface area contributed by atoms with Crippen LogP contribution in [-0.4, -0.2) is 35.9 Å². The first-order valence-corrected chi connectivity index (χ1v) is 13.4. The average Bonchev–Trinajstić information content (AvgIpc) is 2.91. The minimum absolute atomic E-state index is 0.148. The van der Waals surface area contributed by atoms with Crippen LogP contribution in [0.5, 0.6) is 5.75 Å². The van der Waals surface area contributed by atoms with Gasteiger partial charge in [0.15, 0.2) is 6.61 Å². The standard InChI is InChI=1S/C30H35BrN2O3/c1-3-5-18-32-30(35)27(20-24-12-8-6-9-13-24)33(21-25-14-10-7-11-15-25)29(34)22-36-28-17-16-23(4-2)19-26(28)31/h6-17,19,27H,3-5,18,20-22H2,1-2H3,(H,32,35)/t27-/m1/s1. The maximum Gasteiger partial charge on any atom is 0.261 e. The van der Waals surface area contributed by atoms with E-state index in [9.17, 15) is 9.59 Å². The Balaban J connectivity index is 1.86. The summed E-state index contributed by atoms with van der Waals surface area (Å²) in [7, 11) is 0. The molecule has 3 aromatic carbocycles. The van der Waals surface area contributed by atoms with Gasteiger partial charge in [0.05, 0.1) is 4.47 Å². The van der Waals surface area contributed by atoms with Gasteiger partial charge in [-0.05, 0) is 57.6 Å². The summed E-state index contributed by atoms with van der Waals surface area (Å²) in [5.74, 6) is 0.217. The van der Waals surface area contributed by atoms with Crippen LogP contribution in [0.25, 0.3) is 0 Å². The Morgan fingerprint density at radius 1 is 0.917 bits per heavy atom. The van der Waals surface area contributed by atoms with Gasteiger partial charge in [-0.15, -0.1) is 0 Å². The van der Waals surface area contributed by atoms with Gasteiger partial charge in [0.2, 0.25) is 5.91 Å². The first-order valence-electron chi connectivity index (χ1n) is 12.6. The highest BCUT2D eigenvalue weighted by Gasteiger charge is 2.30. The molecule has 0 unspecified atom stereocenters. The number of nitrogens with one attached hydrogen (secondary N) is 1. The molecule has 0 aliphatic heterocycles. The van der Waals surface area contributed by atoms with Crippen molar-refractivity contribution < 1.29 is 14.3 Å². The van der Waals surface area contributed by atoms with Gasteiger partial charge in [0.1, 0.15) is 11.8 Å². The van der Waals surface area contributed by atoms with Crippen molar-refractivity contribution in [3.8, 4) is 5.75 Å². The molecule has 0 aromatic heterocycles. The van der Waals surface area contributed by atoms with Crippen LogP contribution in [0.4, 0.5) is 0 Å². The van der Waals surface area contributed by atoms with Crippen LogP contribution in [0.3, 0.4) is 0 Å². The van der Waals surface area contributed by atoms with E-state index in [0.717, 1.165) is 34.9 Å². The first kappa shape index (κ1) is 27.5. The van der Waals surface area contributed by atoms with Crippen molar-refractivity contribution in [3.05, 3.63) is 100 Å². The van der Waals surface area contributed by atoms with E-state index in [4.69, 9.17) is 4.74 Å². The van der Waals surface area contributed by atoms with Crippen LogP contribution in [0.15, 0.2) is 83.3 Å². The summed E-state index contributed by atoms with van der Waals surface area (Å²) >= 11 is 3.55. The Bertz CT molecular complexity index is 1110. The quantitative estimate of drug-likeness (QED) is 0.267. The normalized spacial score (nSPS) is 11.5. The van der Waals surface area contributed by atoms with Gasteiger partial charge in [-0.1, -0.05) is 87.0 Å². The fraction of sp³-hybridized carbons (Fsp3) is 0.333. The maximum absolute atomic E-state index is 13.6. The van der Waals surface area contributed by atoms with E-state index in [1.54, 1.807) is 4.90 Å². The molecule has 0 aliphatic rings. The number of carbonyl (C=O) groups is 2. The van der Waals surface area contributed by atoms with Crippen molar-refractivity contribution in [1.82, 2.24) is 10.2 Å². The fourth-order valence-electron chi connectivity index (χ4n) is 3.94. The van der Waals surface area contributed by atoms with Crippen LogP contribution in [0.1, 0.15) is 43.4 Å². The van der Waals surface area contributed by atoms with Crippen LogP contribution < -0.4 is 10.1 Å². The highest BCUT2D eigenvalue weighted by atomic mass is 79.9. The molecule has 1 N–H and O–H groups in total. The molecule has 1 atom stereocenters. The molecule has 0 aliphatic carbocycles. The number of benzene rings is 3. The van der Waals surface area contributed by atoms with E-state index in [0.29, 0.717) is 25.3 Å². The average molecular weight is 552 g/mol. The number of amides is 2. The molecule has 5 nitrogen and oxygen atoms in total. The lowest BCUT2D eigenvalue weighted by Crippen LogP contribution is -2.51. The summed E-state index contributed by atoms with van der Waals surface area (Å²) in [6, 6.07) is 24.8. The molecule has 0 saturated heterocycles. The smallest absolute Gasteiger partial charge is 0.261 e. The molecule has 0 saturated carbocycles. The molecule has 0 fully saturated rings. The topological polar surface area (TPSA) is 58.6 Å². The van der Waals surface area contributed by atoms with E-state index in [1.165, 1.54) is 5.56 Å². The lowest BCUT2D eigenvalue weighted by atomic mass is 10.0. The third-order valence-corrected chi connectivity index (χ3v) is 6.67. The molecule has 2 amide bonds. The van der Waals surface area contributed by atoms with Crippen molar-refractivity contribution >= 4 is 27.7 Å². The van der Waals surface area contributed by atoms with E-state index >= 15 is 0 Å². The number of carbonyl (C=O) groups excluding carboxylic acids is 2. The summed E-state index contributed by atoms with van der Waals surface area (Å²) in [5, 5.41) is 3.04. The minimum atomic E-state index is -0.661. The molecule has 0 radical (unpaired) electrons. The van der Waals surface area contributed by atoms with Crippen LogP contribution in [0, 0.1) is 0 Å². The molecular formula is C30H35BrN2O3. The van der Waals surface area contributed by atoms with Gasteiger partial charge in [0, 0.05) is 19.5 Å². The Morgan fingerprint density at radius 2 is 1.58 bits per heavy atom. The SMILES string of the molecule is CCCCNC(=O)[C@@H](Cc1ccccc1)N(Cc1ccccc1)C(=O)COc1ccc(CC)cc1Br. The molecular weight excluding hydrogens is 516 g/mol. The predicted octanol–water partition coefficient (Wildman–Crippen LogP) is 5.95. The van der Waals surface area contributed by atoms with Crippen LogP contribution in [0.2, 0.25) is 0 Å². The summed E-state index contributed by atoms with van der Waals surface area (Å²) in [6.07, 6.45) is 3.21. The number of hydrogen-bond donors (Lipinski definition) is 1. The zero-order valence-corrected chi connectivity index (χ0v) is 22.7. The van der Waals surface area contributed by atoms with E-state index in [1.807, 2.05) is 78.9 Å². The molecule has 6 heteroatoms. The van der Waals surface area contributed by atoms with Gasteiger partial charge in [-0.2, -0.15) is 0 Å². The van der Waals surface area contributed by atoms with Crippen LogP contribution in [-0.2, 0) is 29.0 Å². The summed E-state index contributed by atoms with van der Waals surface area (Å²) in [6.45, 7) is 4.91. The maximum atomic E-state index is 13.6. The third-order valence-electron chi connectivity index (χ3n) is 6.05. The third kappa shape index (κ3) is 8.23. The first-order chi connectivity index (χ1) is 17.5. The Hall–Kier alpha value is -3.12. The van der Waals surface area contributed by atoms with Crippen molar-refractivity contribution in [1.29, 1.82) is 0 Å². The zero-order chi connectivity index (χ0) is 25.8. The fourth-order valence-corrected chi connectivity index (χ4v) is 4.48. The van der Waals surface area contributed by atoms with E-state index in [-0.39, 0.29) is 18.4 Å². The molecule has 0 spiro atoms. The van der Waals surface area contributed by atoms with Crippen molar-refractivity contribution in [2.24, 2.45) is 0 Å². The highest BCUT2D eigenvalue weighted by molar-refractivity contribution is 9.10. The van der Waals surface area contributed by atoms with Gasteiger partial charge in [-0.25, -0.2) is 0 Å². The molecule has 190 valence electrons. The second kappa shape index (κ2) is 14.4. The van der Waals surface area contributed by atoms with Crippen molar-refractivity contribution in [2.45, 2.75) is 52.1 Å². The summed E-state index contributed by atoms with van der Waals surface area (Å²) < 4.78 is 6.73. The predicted molar refractivity (Wildman–Crippen MR) is 148 cm³/mol. The number of unbranched alkanes of at least 4 members (excludes halogenated alkanes) is 1. The molecule has 3 aromatic rings. The summed E-state index contributed by atoms with van der Waals surface area (Å²) in [5.41, 5.74) is 3.13. The monoisotopic (exact) mass is 550 g/mol. The summed E-state index contributed by atoms with van der Waals surface area (Å²) in [4.78, 5) is 28.7. The van der Waals surface area contributed by atoms with E-state index < -0.39 is 6.04 Å². The Morgan fingerprint density at radius 3 is 2.19 bits per heavy atom. The van der Waals surface area contributed by atoms with Crippen LogP contribution >= 0.6 is 15.9 Å². The minimum Gasteiger partial charge on any atom is -0.483 e. The second-order valence-corrected chi connectivity index (χ2v) is 9.62. The second-order valence-electron chi connectivity index (χ2n) is 8.76. The number of hydrogen-bond acceptors (Lipinski definition) is 3. The van der Waals surface area contributed by atoms with Gasteiger partial charge < -0.3 is 15.0 Å². The largest absolute Gasteiger partial charge is 0.483 e.